The molecule has 1 rings (SSSR count). The van der Waals surface area contributed by atoms with Gasteiger partial charge >= 0.3 is 5.97 Å². The van der Waals surface area contributed by atoms with E-state index in [-0.39, 0.29) is 30.2 Å². The Labute approximate surface area is 108 Å². The van der Waals surface area contributed by atoms with Gasteiger partial charge in [0.2, 0.25) is 5.91 Å². The second-order valence-corrected chi connectivity index (χ2v) is 4.29. The molecule has 0 saturated heterocycles. The van der Waals surface area contributed by atoms with Crippen LogP contribution in [0.4, 0.5) is 0 Å². The van der Waals surface area contributed by atoms with Gasteiger partial charge in [-0.25, -0.2) is 4.79 Å². The molecule has 0 bridgehead atoms. The summed E-state index contributed by atoms with van der Waals surface area (Å²) in [7, 11) is 1.31. The van der Waals surface area contributed by atoms with Crippen LogP contribution in [0.25, 0.3) is 0 Å². The molecular formula is C11H21ClN2O3. The van der Waals surface area contributed by atoms with Gasteiger partial charge in [-0.15, -0.1) is 12.4 Å². The Morgan fingerprint density at radius 1 is 1.47 bits per heavy atom. The summed E-state index contributed by atoms with van der Waals surface area (Å²) in [5.74, 6) is -0.288. The van der Waals surface area contributed by atoms with Crippen LogP contribution in [-0.2, 0) is 14.3 Å². The van der Waals surface area contributed by atoms with Crippen LogP contribution in [-0.4, -0.2) is 31.6 Å². The van der Waals surface area contributed by atoms with Gasteiger partial charge in [0.25, 0.3) is 0 Å². The lowest BCUT2D eigenvalue weighted by Gasteiger charge is -2.19. The summed E-state index contributed by atoms with van der Waals surface area (Å²) in [6.45, 7) is 2.15. The van der Waals surface area contributed by atoms with E-state index in [4.69, 9.17) is 5.73 Å². The van der Waals surface area contributed by atoms with E-state index in [1.54, 1.807) is 6.92 Å². The molecule has 0 unspecified atom stereocenters. The zero-order chi connectivity index (χ0) is 12.1. The van der Waals surface area contributed by atoms with E-state index >= 15 is 0 Å². The highest BCUT2D eigenvalue weighted by Crippen LogP contribution is 2.30. The van der Waals surface area contributed by atoms with Crippen LogP contribution in [0.15, 0.2) is 0 Å². The van der Waals surface area contributed by atoms with Crippen molar-refractivity contribution < 1.29 is 14.3 Å². The van der Waals surface area contributed by atoms with E-state index in [1.807, 2.05) is 0 Å². The molecule has 6 heteroatoms. The van der Waals surface area contributed by atoms with Crippen molar-refractivity contribution in [2.24, 2.45) is 17.6 Å². The summed E-state index contributed by atoms with van der Waals surface area (Å²) >= 11 is 0. The van der Waals surface area contributed by atoms with Gasteiger partial charge < -0.3 is 15.8 Å². The Balaban J connectivity index is 0.00000256. The Morgan fingerprint density at radius 3 is 2.65 bits per heavy atom. The molecule has 0 aromatic heterocycles. The van der Waals surface area contributed by atoms with Crippen LogP contribution in [0, 0.1) is 11.8 Å². The quantitative estimate of drug-likeness (QED) is 0.723. The van der Waals surface area contributed by atoms with Crippen LogP contribution in [0.1, 0.15) is 26.2 Å². The van der Waals surface area contributed by atoms with Gasteiger partial charge in [-0.2, -0.15) is 0 Å². The number of nitrogens with one attached hydrogen (secondary N) is 1. The fourth-order valence-electron chi connectivity index (χ4n) is 2.22. The van der Waals surface area contributed by atoms with Crippen LogP contribution >= 0.6 is 12.4 Å². The number of hydrogen-bond donors (Lipinski definition) is 2. The molecule has 1 fully saturated rings. The summed E-state index contributed by atoms with van der Waals surface area (Å²) in [5, 5.41) is 2.67. The molecule has 0 heterocycles. The number of carbonyl (C=O) groups is 2. The predicted molar refractivity (Wildman–Crippen MR) is 66.8 cm³/mol. The maximum atomic E-state index is 11.9. The Hall–Kier alpha value is -0.810. The SMILES string of the molecule is COC(=O)[C@H](C)NC(=O)[C@@H]1CCC[C@@H]1CN.Cl. The van der Waals surface area contributed by atoms with Crippen LogP contribution in [0.5, 0.6) is 0 Å². The van der Waals surface area contributed by atoms with Gasteiger partial charge in [0, 0.05) is 5.92 Å². The van der Waals surface area contributed by atoms with E-state index in [0.717, 1.165) is 19.3 Å². The van der Waals surface area contributed by atoms with Crippen LogP contribution < -0.4 is 11.1 Å². The molecule has 0 aromatic rings. The number of halogens is 1. The summed E-state index contributed by atoms with van der Waals surface area (Å²) in [6, 6.07) is -0.587. The Morgan fingerprint density at radius 2 is 2.12 bits per heavy atom. The minimum Gasteiger partial charge on any atom is -0.467 e. The van der Waals surface area contributed by atoms with Crippen molar-refractivity contribution in [2.75, 3.05) is 13.7 Å². The van der Waals surface area contributed by atoms with Crippen molar-refractivity contribution in [2.45, 2.75) is 32.2 Å². The standard InChI is InChI=1S/C11H20N2O3.ClH/c1-7(11(15)16-2)13-10(14)9-5-3-4-8(9)6-12;/h7-9H,3-6,12H2,1-2H3,(H,13,14);1H/t7-,8+,9+;/m0./s1. The normalized spacial score (nSPS) is 24.6. The lowest BCUT2D eigenvalue weighted by molar-refractivity contribution is -0.145. The second-order valence-electron chi connectivity index (χ2n) is 4.29. The number of methoxy groups -OCH3 is 1. The molecule has 1 aliphatic rings. The number of rotatable bonds is 4. The Bertz CT molecular complexity index is 273. The fraction of sp³-hybridized carbons (Fsp3) is 0.818. The van der Waals surface area contributed by atoms with Gasteiger partial charge in [0.15, 0.2) is 0 Å². The maximum absolute atomic E-state index is 11.9. The first-order valence-electron chi connectivity index (χ1n) is 5.68. The molecule has 3 N–H and O–H groups in total. The molecule has 100 valence electrons. The molecule has 0 aliphatic heterocycles. The molecular weight excluding hydrogens is 244 g/mol. The van der Waals surface area contributed by atoms with E-state index in [2.05, 4.69) is 10.1 Å². The third-order valence-corrected chi connectivity index (χ3v) is 3.21. The first-order chi connectivity index (χ1) is 7.60. The zero-order valence-corrected chi connectivity index (χ0v) is 11.1. The number of amides is 1. The molecule has 1 amide bonds. The molecule has 17 heavy (non-hydrogen) atoms. The third kappa shape index (κ3) is 4.16. The second kappa shape index (κ2) is 7.50. The number of esters is 1. The van der Waals surface area contributed by atoms with Crippen molar-refractivity contribution in [3.63, 3.8) is 0 Å². The lowest BCUT2D eigenvalue weighted by Crippen LogP contribution is -2.43. The molecule has 3 atom stereocenters. The smallest absolute Gasteiger partial charge is 0.328 e. The first kappa shape index (κ1) is 16.2. The summed E-state index contributed by atoms with van der Waals surface area (Å²) < 4.78 is 4.55. The average Bonchev–Trinajstić information content (AvgIpc) is 2.75. The largest absolute Gasteiger partial charge is 0.467 e. The van der Waals surface area contributed by atoms with Crippen LogP contribution in [0.2, 0.25) is 0 Å². The predicted octanol–water partition coefficient (Wildman–Crippen LogP) is 0.461. The summed E-state index contributed by atoms with van der Waals surface area (Å²) in [6.07, 6.45) is 2.90. The summed E-state index contributed by atoms with van der Waals surface area (Å²) in [4.78, 5) is 23.0. The number of nitrogens with two attached hydrogens (primary N) is 1. The molecule has 0 spiro atoms. The van der Waals surface area contributed by atoms with Gasteiger partial charge in [0.1, 0.15) is 6.04 Å². The third-order valence-electron chi connectivity index (χ3n) is 3.21. The van der Waals surface area contributed by atoms with Crippen molar-refractivity contribution in [1.82, 2.24) is 5.32 Å². The lowest BCUT2D eigenvalue weighted by atomic mass is 9.95. The minimum atomic E-state index is -0.587. The van der Waals surface area contributed by atoms with Crippen molar-refractivity contribution in [3.05, 3.63) is 0 Å². The van der Waals surface area contributed by atoms with Crippen LogP contribution in [0.3, 0.4) is 0 Å². The number of ether oxygens (including phenoxy) is 1. The van der Waals surface area contributed by atoms with E-state index in [1.165, 1.54) is 7.11 Å². The maximum Gasteiger partial charge on any atom is 0.328 e. The van der Waals surface area contributed by atoms with Gasteiger partial charge in [-0.05, 0) is 32.2 Å². The Kier molecular flexibility index (Phi) is 7.15. The molecule has 5 nitrogen and oxygen atoms in total. The highest BCUT2D eigenvalue weighted by molar-refractivity contribution is 5.86. The average molecular weight is 265 g/mol. The van der Waals surface area contributed by atoms with Crippen molar-refractivity contribution in [3.8, 4) is 0 Å². The van der Waals surface area contributed by atoms with E-state index in [0.29, 0.717) is 6.54 Å². The van der Waals surface area contributed by atoms with Gasteiger partial charge in [0.05, 0.1) is 7.11 Å². The van der Waals surface area contributed by atoms with E-state index in [9.17, 15) is 9.59 Å². The topological polar surface area (TPSA) is 81.4 Å². The molecule has 0 radical (unpaired) electrons. The monoisotopic (exact) mass is 264 g/mol. The fourth-order valence-corrected chi connectivity index (χ4v) is 2.22. The highest BCUT2D eigenvalue weighted by atomic mass is 35.5. The van der Waals surface area contributed by atoms with Gasteiger partial charge in [-0.3, -0.25) is 4.79 Å². The van der Waals surface area contributed by atoms with Crippen molar-refractivity contribution in [1.29, 1.82) is 0 Å². The number of carbonyl (C=O) groups excluding carboxylic acids is 2. The number of hydrogen-bond acceptors (Lipinski definition) is 4. The van der Waals surface area contributed by atoms with Crippen molar-refractivity contribution >= 4 is 24.3 Å². The summed E-state index contributed by atoms with van der Waals surface area (Å²) in [5.41, 5.74) is 5.61. The minimum absolute atomic E-state index is 0. The first-order valence-corrected chi connectivity index (χ1v) is 5.68. The van der Waals surface area contributed by atoms with Gasteiger partial charge in [-0.1, -0.05) is 6.42 Å². The van der Waals surface area contributed by atoms with E-state index < -0.39 is 12.0 Å². The molecule has 0 aromatic carbocycles. The highest BCUT2D eigenvalue weighted by Gasteiger charge is 2.33. The molecule has 1 saturated carbocycles. The zero-order valence-electron chi connectivity index (χ0n) is 10.3. The molecule has 1 aliphatic carbocycles.